The van der Waals surface area contributed by atoms with Crippen LogP contribution in [0.4, 0.5) is 0 Å². The Balaban J connectivity index is 2.89. The van der Waals surface area contributed by atoms with Crippen LogP contribution in [-0.2, 0) is 6.54 Å². The summed E-state index contributed by atoms with van der Waals surface area (Å²) in [5.74, 6) is 0.717. The van der Waals surface area contributed by atoms with E-state index in [-0.39, 0.29) is 5.54 Å². The zero-order chi connectivity index (χ0) is 14.5. The second-order valence-electron chi connectivity index (χ2n) is 5.50. The lowest BCUT2D eigenvalue weighted by atomic mass is 10.1. The molecule has 0 saturated heterocycles. The van der Waals surface area contributed by atoms with Crippen LogP contribution in [0.1, 0.15) is 39.7 Å². The normalized spacial score (nSPS) is 12.8. The Bertz CT molecular complexity index is 460. The van der Waals surface area contributed by atoms with Crippen LogP contribution in [0, 0.1) is 11.3 Å². The van der Waals surface area contributed by atoms with Gasteiger partial charge in [0.25, 0.3) is 0 Å². The van der Waals surface area contributed by atoms with E-state index in [1.807, 2.05) is 19.1 Å². The Morgan fingerprint density at radius 3 is 2.63 bits per heavy atom. The summed E-state index contributed by atoms with van der Waals surface area (Å²) in [7, 11) is 0. The van der Waals surface area contributed by atoms with Crippen LogP contribution >= 0.6 is 11.6 Å². The second kappa shape index (κ2) is 6.79. The van der Waals surface area contributed by atoms with E-state index in [4.69, 9.17) is 21.6 Å². The molecule has 0 aromatic heterocycles. The average molecular weight is 281 g/mol. The average Bonchev–Trinajstić information content (AvgIpc) is 2.34. The van der Waals surface area contributed by atoms with Gasteiger partial charge in [-0.25, -0.2) is 0 Å². The van der Waals surface area contributed by atoms with Gasteiger partial charge in [0.05, 0.1) is 0 Å². The third kappa shape index (κ3) is 5.50. The quantitative estimate of drug-likeness (QED) is 0.889. The summed E-state index contributed by atoms with van der Waals surface area (Å²) < 4.78 is 5.70. The van der Waals surface area contributed by atoms with Crippen LogP contribution < -0.4 is 10.1 Å². The molecule has 19 heavy (non-hydrogen) atoms. The number of nitrogens with zero attached hydrogens (tertiary/aromatic N) is 1. The van der Waals surface area contributed by atoms with Crippen molar-refractivity contribution in [3.63, 3.8) is 0 Å². The highest BCUT2D eigenvalue weighted by Gasteiger charge is 2.14. The maximum atomic E-state index is 8.98. The van der Waals surface area contributed by atoms with Gasteiger partial charge in [0.15, 0.2) is 6.10 Å². The smallest absolute Gasteiger partial charge is 0.184 e. The van der Waals surface area contributed by atoms with Gasteiger partial charge in [0, 0.05) is 22.7 Å². The zero-order valence-electron chi connectivity index (χ0n) is 12.0. The first-order valence-electron chi connectivity index (χ1n) is 6.45. The molecular formula is C15H21ClN2O. The van der Waals surface area contributed by atoms with E-state index >= 15 is 0 Å². The highest BCUT2D eigenvalue weighted by Crippen LogP contribution is 2.25. The van der Waals surface area contributed by atoms with Crippen LogP contribution in [0.25, 0.3) is 0 Å². The molecule has 0 saturated carbocycles. The second-order valence-corrected chi connectivity index (χ2v) is 5.94. The molecular weight excluding hydrogens is 260 g/mol. The topological polar surface area (TPSA) is 45.0 Å². The van der Waals surface area contributed by atoms with Gasteiger partial charge >= 0.3 is 0 Å². The van der Waals surface area contributed by atoms with E-state index in [0.29, 0.717) is 18.0 Å². The van der Waals surface area contributed by atoms with E-state index in [2.05, 4.69) is 32.2 Å². The van der Waals surface area contributed by atoms with Crippen molar-refractivity contribution in [2.45, 2.75) is 52.3 Å². The molecule has 1 aromatic rings. The fraction of sp³-hybridized carbons (Fsp3) is 0.533. The predicted octanol–water partition coefficient (Wildman–Crippen LogP) is 3.91. The maximum absolute atomic E-state index is 8.98. The molecule has 104 valence electrons. The minimum absolute atomic E-state index is 0.0129. The van der Waals surface area contributed by atoms with Gasteiger partial charge in [0.2, 0.25) is 0 Å². The molecule has 0 radical (unpaired) electrons. The van der Waals surface area contributed by atoms with E-state index in [1.165, 1.54) is 0 Å². The predicted molar refractivity (Wildman–Crippen MR) is 78.4 cm³/mol. The maximum Gasteiger partial charge on any atom is 0.184 e. The first kappa shape index (κ1) is 15.8. The van der Waals surface area contributed by atoms with Crippen molar-refractivity contribution in [3.05, 3.63) is 28.8 Å². The molecule has 1 aromatic carbocycles. The molecule has 0 amide bonds. The number of rotatable bonds is 5. The van der Waals surface area contributed by atoms with Crippen LogP contribution in [-0.4, -0.2) is 11.6 Å². The molecule has 1 N–H and O–H groups in total. The van der Waals surface area contributed by atoms with Crippen LogP contribution in [0.2, 0.25) is 5.02 Å². The summed E-state index contributed by atoms with van der Waals surface area (Å²) in [5, 5.41) is 13.0. The van der Waals surface area contributed by atoms with Crippen molar-refractivity contribution in [1.82, 2.24) is 5.32 Å². The van der Waals surface area contributed by atoms with Crippen molar-refractivity contribution in [1.29, 1.82) is 5.26 Å². The summed E-state index contributed by atoms with van der Waals surface area (Å²) in [4.78, 5) is 0. The van der Waals surface area contributed by atoms with Gasteiger partial charge in [-0.2, -0.15) is 5.26 Å². The monoisotopic (exact) mass is 280 g/mol. The Kier molecular flexibility index (Phi) is 5.65. The van der Waals surface area contributed by atoms with Crippen LogP contribution in [0.15, 0.2) is 18.2 Å². The SMILES string of the molecule is CCC(C#N)Oc1ccc(Cl)cc1CNC(C)(C)C. The van der Waals surface area contributed by atoms with Crippen LogP contribution in [0.5, 0.6) is 5.75 Å². The third-order valence-electron chi connectivity index (χ3n) is 2.62. The number of nitriles is 1. The Morgan fingerprint density at radius 2 is 2.11 bits per heavy atom. The molecule has 0 spiro atoms. The Morgan fingerprint density at radius 1 is 1.42 bits per heavy atom. The first-order valence-corrected chi connectivity index (χ1v) is 6.83. The van der Waals surface area contributed by atoms with E-state index < -0.39 is 6.10 Å². The number of nitrogens with one attached hydrogen (secondary N) is 1. The fourth-order valence-electron chi connectivity index (χ4n) is 1.52. The highest BCUT2D eigenvalue weighted by atomic mass is 35.5. The molecule has 0 bridgehead atoms. The van der Waals surface area contributed by atoms with Crippen molar-refractivity contribution >= 4 is 11.6 Å². The Hall–Kier alpha value is -1.24. The lowest BCUT2D eigenvalue weighted by Crippen LogP contribution is -2.35. The lowest BCUT2D eigenvalue weighted by Gasteiger charge is -2.22. The lowest BCUT2D eigenvalue weighted by molar-refractivity contribution is 0.248. The first-order chi connectivity index (χ1) is 8.85. The molecule has 0 fully saturated rings. The van der Waals surface area contributed by atoms with Crippen molar-refractivity contribution in [2.24, 2.45) is 0 Å². The number of hydrogen-bond acceptors (Lipinski definition) is 3. The molecule has 4 heteroatoms. The molecule has 1 unspecified atom stereocenters. The zero-order valence-corrected chi connectivity index (χ0v) is 12.7. The third-order valence-corrected chi connectivity index (χ3v) is 2.85. The van der Waals surface area contributed by atoms with E-state index in [0.717, 1.165) is 11.3 Å². The summed E-state index contributed by atoms with van der Waals surface area (Å²) in [6.07, 6.45) is 0.236. The van der Waals surface area contributed by atoms with Gasteiger partial charge in [-0.05, 0) is 45.4 Å². The van der Waals surface area contributed by atoms with Crippen molar-refractivity contribution in [3.8, 4) is 11.8 Å². The van der Waals surface area contributed by atoms with E-state index in [9.17, 15) is 0 Å². The summed E-state index contributed by atoms with van der Waals surface area (Å²) in [6.45, 7) is 8.88. The molecule has 0 aliphatic rings. The summed E-state index contributed by atoms with van der Waals surface area (Å²) in [6, 6.07) is 7.61. The van der Waals surface area contributed by atoms with Gasteiger partial charge in [0.1, 0.15) is 11.8 Å². The largest absolute Gasteiger partial charge is 0.475 e. The minimum Gasteiger partial charge on any atom is -0.475 e. The van der Waals surface area contributed by atoms with Gasteiger partial charge in [-0.1, -0.05) is 18.5 Å². The number of halogens is 1. The molecule has 1 rings (SSSR count). The Labute approximate surface area is 120 Å². The van der Waals surface area contributed by atoms with Crippen molar-refractivity contribution in [2.75, 3.05) is 0 Å². The van der Waals surface area contributed by atoms with Crippen molar-refractivity contribution < 1.29 is 4.74 Å². The number of hydrogen-bond donors (Lipinski definition) is 1. The molecule has 0 aliphatic heterocycles. The van der Waals surface area contributed by atoms with Gasteiger partial charge in [-0.3, -0.25) is 0 Å². The molecule has 0 heterocycles. The van der Waals surface area contributed by atoms with Gasteiger partial charge < -0.3 is 10.1 Å². The molecule has 0 aliphatic carbocycles. The number of benzene rings is 1. The highest BCUT2D eigenvalue weighted by molar-refractivity contribution is 6.30. The number of ether oxygens (including phenoxy) is 1. The summed E-state index contributed by atoms with van der Waals surface area (Å²) >= 11 is 6.02. The minimum atomic E-state index is -0.422. The fourth-order valence-corrected chi connectivity index (χ4v) is 1.71. The van der Waals surface area contributed by atoms with Crippen LogP contribution in [0.3, 0.4) is 0 Å². The molecule has 3 nitrogen and oxygen atoms in total. The van der Waals surface area contributed by atoms with E-state index in [1.54, 1.807) is 6.07 Å². The molecule has 1 atom stereocenters. The van der Waals surface area contributed by atoms with Gasteiger partial charge in [-0.15, -0.1) is 0 Å². The standard InChI is InChI=1S/C15H21ClN2O/c1-5-13(9-17)19-14-7-6-12(16)8-11(14)10-18-15(2,3)4/h6-8,13,18H,5,10H2,1-4H3. The summed E-state index contributed by atoms with van der Waals surface area (Å²) in [5.41, 5.74) is 0.982.